The summed E-state index contributed by atoms with van der Waals surface area (Å²) >= 11 is 0. The van der Waals surface area contributed by atoms with Crippen LogP contribution in [0.2, 0.25) is 0 Å². The van der Waals surface area contributed by atoms with Crippen molar-refractivity contribution >= 4 is 0 Å². The maximum absolute atomic E-state index is 9.97. The first-order valence-electron chi connectivity index (χ1n) is 10.7. The second-order valence-corrected chi connectivity index (χ2v) is 8.91. The van der Waals surface area contributed by atoms with E-state index in [4.69, 9.17) is 5.11 Å². The standard InChI is InChI=1S/C27H40O2/c1-21(11-7-8-12-22(2)15-10-18-28)13-9-14-23(3)16-17-26-24(4)19-25(29)20-27(26,5)6/h7-9,11-14,16-17,19,25-26,28-29H,10,15,18,20H2,1-6H3/b8-7+,13-9+,17-16+,21-11+,22-12+,23-14+. The van der Waals surface area contributed by atoms with Crippen molar-refractivity contribution in [3.63, 3.8) is 0 Å². The van der Waals surface area contributed by atoms with Crippen LogP contribution >= 0.6 is 0 Å². The molecular weight excluding hydrogens is 356 g/mol. The van der Waals surface area contributed by atoms with Crippen LogP contribution in [0.15, 0.2) is 83.1 Å². The fraction of sp³-hybridized carbons (Fsp3) is 0.481. The van der Waals surface area contributed by atoms with E-state index in [0.29, 0.717) is 5.92 Å². The van der Waals surface area contributed by atoms with Crippen molar-refractivity contribution in [2.24, 2.45) is 11.3 Å². The van der Waals surface area contributed by atoms with Crippen molar-refractivity contribution < 1.29 is 10.2 Å². The zero-order chi connectivity index (χ0) is 21.9. The molecule has 0 amide bonds. The van der Waals surface area contributed by atoms with E-state index >= 15 is 0 Å². The number of rotatable bonds is 9. The van der Waals surface area contributed by atoms with E-state index in [0.717, 1.165) is 19.3 Å². The van der Waals surface area contributed by atoms with Gasteiger partial charge in [-0.2, -0.15) is 0 Å². The van der Waals surface area contributed by atoms with Gasteiger partial charge in [-0.1, -0.05) is 96.9 Å². The van der Waals surface area contributed by atoms with Crippen LogP contribution in [-0.4, -0.2) is 22.9 Å². The summed E-state index contributed by atoms with van der Waals surface area (Å²) in [6, 6.07) is 0. The molecule has 2 N–H and O–H groups in total. The molecule has 1 aliphatic rings. The minimum Gasteiger partial charge on any atom is -0.396 e. The zero-order valence-electron chi connectivity index (χ0n) is 19.2. The highest BCUT2D eigenvalue weighted by Crippen LogP contribution is 2.41. The fourth-order valence-corrected chi connectivity index (χ4v) is 3.74. The Morgan fingerprint density at radius 2 is 1.66 bits per heavy atom. The average molecular weight is 397 g/mol. The molecule has 0 bridgehead atoms. The lowest BCUT2D eigenvalue weighted by Crippen LogP contribution is -2.32. The van der Waals surface area contributed by atoms with Crippen molar-refractivity contribution in [3.8, 4) is 0 Å². The Kier molecular flexibility index (Phi) is 10.9. The van der Waals surface area contributed by atoms with Gasteiger partial charge in [-0.05, 0) is 52.4 Å². The SMILES string of the molecule is CC1=CC(O)CC(C)(C)C1/C=C/C(C)=C/C=C/C(C)=C/C=C/C=C(\C)CCCO. The molecule has 2 nitrogen and oxygen atoms in total. The molecule has 0 fully saturated rings. The minimum atomic E-state index is -0.321. The summed E-state index contributed by atoms with van der Waals surface area (Å²) in [5.74, 6) is 0.360. The van der Waals surface area contributed by atoms with Gasteiger partial charge in [-0.3, -0.25) is 0 Å². The summed E-state index contributed by atoms with van der Waals surface area (Å²) in [5.41, 5.74) is 5.00. The molecule has 2 atom stereocenters. The second kappa shape index (κ2) is 12.6. The van der Waals surface area contributed by atoms with Gasteiger partial charge in [0, 0.05) is 12.5 Å². The van der Waals surface area contributed by atoms with Gasteiger partial charge in [0.25, 0.3) is 0 Å². The van der Waals surface area contributed by atoms with Crippen LogP contribution in [0.25, 0.3) is 0 Å². The Morgan fingerprint density at radius 1 is 1.03 bits per heavy atom. The van der Waals surface area contributed by atoms with Gasteiger partial charge in [0.05, 0.1) is 6.10 Å². The van der Waals surface area contributed by atoms with E-state index in [2.05, 4.69) is 84.1 Å². The van der Waals surface area contributed by atoms with Crippen LogP contribution in [0.1, 0.15) is 60.8 Å². The molecule has 1 rings (SSSR count). The average Bonchev–Trinajstić information content (AvgIpc) is 2.62. The predicted octanol–water partition coefficient (Wildman–Crippen LogP) is 6.62. The maximum atomic E-state index is 9.97. The Hall–Kier alpha value is -1.90. The van der Waals surface area contributed by atoms with Gasteiger partial charge < -0.3 is 10.2 Å². The second-order valence-electron chi connectivity index (χ2n) is 8.91. The van der Waals surface area contributed by atoms with Crippen LogP contribution < -0.4 is 0 Å². The summed E-state index contributed by atoms with van der Waals surface area (Å²) in [6.45, 7) is 13.1. The third-order valence-corrected chi connectivity index (χ3v) is 5.37. The Balaban J connectivity index is 2.64. The highest BCUT2D eigenvalue weighted by Gasteiger charge is 2.34. The molecule has 0 saturated heterocycles. The van der Waals surface area contributed by atoms with Gasteiger partial charge in [0.1, 0.15) is 0 Å². The lowest BCUT2D eigenvalue weighted by molar-refractivity contribution is 0.117. The quantitative estimate of drug-likeness (QED) is 0.339. The van der Waals surface area contributed by atoms with Gasteiger partial charge in [0.2, 0.25) is 0 Å². The number of aliphatic hydroxyl groups is 2. The summed E-state index contributed by atoms with van der Waals surface area (Å²) < 4.78 is 0. The zero-order valence-corrected chi connectivity index (χ0v) is 19.2. The molecule has 29 heavy (non-hydrogen) atoms. The molecule has 1 aliphatic carbocycles. The summed E-state index contributed by atoms with van der Waals surface area (Å²) in [7, 11) is 0. The van der Waals surface area contributed by atoms with Crippen molar-refractivity contribution in [1.82, 2.24) is 0 Å². The molecule has 0 aromatic carbocycles. The lowest BCUT2D eigenvalue weighted by atomic mass is 9.67. The molecule has 0 aromatic heterocycles. The monoisotopic (exact) mass is 396 g/mol. The van der Waals surface area contributed by atoms with Crippen molar-refractivity contribution in [3.05, 3.63) is 83.1 Å². The highest BCUT2D eigenvalue weighted by atomic mass is 16.3. The minimum absolute atomic E-state index is 0.0709. The van der Waals surface area contributed by atoms with E-state index in [1.807, 2.05) is 18.2 Å². The first-order chi connectivity index (χ1) is 13.7. The van der Waals surface area contributed by atoms with E-state index in [9.17, 15) is 5.11 Å². The number of allylic oxidation sites excluding steroid dienone is 13. The summed E-state index contributed by atoms with van der Waals surface area (Å²) in [5, 5.41) is 18.8. The van der Waals surface area contributed by atoms with Crippen molar-refractivity contribution in [2.75, 3.05) is 6.61 Å². The molecular formula is C27H40O2. The highest BCUT2D eigenvalue weighted by molar-refractivity contribution is 5.31. The van der Waals surface area contributed by atoms with Gasteiger partial charge in [-0.15, -0.1) is 0 Å². The van der Waals surface area contributed by atoms with Gasteiger partial charge in [-0.25, -0.2) is 0 Å². The van der Waals surface area contributed by atoms with Gasteiger partial charge in [0.15, 0.2) is 0 Å². The van der Waals surface area contributed by atoms with E-state index in [1.165, 1.54) is 22.3 Å². The Labute approximate surface area is 178 Å². The van der Waals surface area contributed by atoms with Crippen LogP contribution in [0.4, 0.5) is 0 Å². The molecule has 2 unspecified atom stereocenters. The van der Waals surface area contributed by atoms with Gasteiger partial charge >= 0.3 is 0 Å². The number of hydrogen-bond donors (Lipinski definition) is 2. The van der Waals surface area contributed by atoms with E-state index in [1.54, 1.807) is 0 Å². The molecule has 0 saturated carbocycles. The van der Waals surface area contributed by atoms with Crippen LogP contribution in [0.5, 0.6) is 0 Å². The molecule has 2 heteroatoms. The Morgan fingerprint density at radius 3 is 2.31 bits per heavy atom. The van der Waals surface area contributed by atoms with Crippen molar-refractivity contribution in [2.45, 2.75) is 66.9 Å². The molecule has 0 aliphatic heterocycles. The maximum Gasteiger partial charge on any atom is 0.0729 e. The number of aliphatic hydroxyl groups excluding tert-OH is 2. The molecule has 160 valence electrons. The van der Waals surface area contributed by atoms with E-state index < -0.39 is 0 Å². The normalized spacial score (nSPS) is 24.1. The summed E-state index contributed by atoms with van der Waals surface area (Å²) in [4.78, 5) is 0. The molecule has 0 spiro atoms. The number of hydrogen-bond acceptors (Lipinski definition) is 2. The predicted molar refractivity (Wildman–Crippen MR) is 127 cm³/mol. The fourth-order valence-electron chi connectivity index (χ4n) is 3.74. The topological polar surface area (TPSA) is 40.5 Å². The van der Waals surface area contributed by atoms with Crippen LogP contribution in [0, 0.1) is 11.3 Å². The smallest absolute Gasteiger partial charge is 0.0729 e. The first kappa shape index (κ1) is 25.1. The van der Waals surface area contributed by atoms with Crippen LogP contribution in [-0.2, 0) is 0 Å². The Bertz CT molecular complexity index is 724. The van der Waals surface area contributed by atoms with Crippen LogP contribution in [0.3, 0.4) is 0 Å². The first-order valence-corrected chi connectivity index (χ1v) is 10.7. The molecule has 0 radical (unpaired) electrons. The summed E-state index contributed by atoms with van der Waals surface area (Å²) in [6.07, 6.45) is 23.3. The molecule has 0 heterocycles. The third-order valence-electron chi connectivity index (χ3n) is 5.37. The third kappa shape index (κ3) is 9.92. The largest absolute Gasteiger partial charge is 0.396 e. The van der Waals surface area contributed by atoms with Crippen molar-refractivity contribution in [1.29, 1.82) is 0 Å². The molecule has 0 aromatic rings. The lowest BCUT2D eigenvalue weighted by Gasteiger charge is -2.38. The van der Waals surface area contributed by atoms with E-state index in [-0.39, 0.29) is 18.1 Å².